The number of hydrogen-bond acceptors (Lipinski definition) is 4. The fourth-order valence-electron chi connectivity index (χ4n) is 3.27. The van der Waals surface area contributed by atoms with Gasteiger partial charge < -0.3 is 10.1 Å². The maximum absolute atomic E-state index is 12.9. The van der Waals surface area contributed by atoms with E-state index in [0.29, 0.717) is 11.6 Å². The molecule has 1 aliphatic carbocycles. The SMILES string of the molecule is CC(NC(=O)C(C)(C)Oc1ccc(C2CC2(Cl)Cl)cc1)c1nnc2ccccn12. The van der Waals surface area contributed by atoms with E-state index in [4.69, 9.17) is 27.9 Å². The van der Waals surface area contributed by atoms with Gasteiger partial charge in [0.25, 0.3) is 5.91 Å². The number of rotatable bonds is 6. The van der Waals surface area contributed by atoms with Gasteiger partial charge in [0.05, 0.1) is 6.04 Å². The summed E-state index contributed by atoms with van der Waals surface area (Å²) in [6.07, 6.45) is 2.62. The summed E-state index contributed by atoms with van der Waals surface area (Å²) in [5.41, 5.74) is 0.725. The highest BCUT2D eigenvalue weighted by Crippen LogP contribution is 2.59. The number of aromatic nitrogens is 3. The van der Waals surface area contributed by atoms with E-state index in [9.17, 15) is 4.79 Å². The van der Waals surface area contributed by atoms with Gasteiger partial charge in [-0.1, -0.05) is 18.2 Å². The molecule has 0 spiro atoms. The van der Waals surface area contributed by atoms with Crippen LogP contribution in [0.4, 0.5) is 0 Å². The van der Waals surface area contributed by atoms with Gasteiger partial charge in [-0.05, 0) is 57.0 Å². The average Bonchev–Trinajstić information content (AvgIpc) is 3.11. The largest absolute Gasteiger partial charge is 0.478 e. The standard InChI is InChI=1S/C21H22Cl2N4O2/c1-13(18-26-25-17-6-4-5-11-27(17)18)24-19(28)20(2,3)29-15-9-7-14(8-10-15)16-12-21(16,22)23/h4-11,13,16H,12H2,1-3H3,(H,24,28). The number of alkyl halides is 2. The van der Waals surface area contributed by atoms with Crippen molar-refractivity contribution in [2.24, 2.45) is 0 Å². The molecule has 8 heteroatoms. The summed E-state index contributed by atoms with van der Waals surface area (Å²) in [4.78, 5) is 12.9. The van der Waals surface area contributed by atoms with Gasteiger partial charge in [-0.15, -0.1) is 33.4 Å². The Balaban J connectivity index is 1.42. The molecule has 0 saturated heterocycles. The van der Waals surface area contributed by atoms with Crippen LogP contribution in [0.2, 0.25) is 0 Å². The van der Waals surface area contributed by atoms with Crippen LogP contribution in [-0.2, 0) is 4.79 Å². The van der Waals surface area contributed by atoms with E-state index in [0.717, 1.165) is 17.6 Å². The Morgan fingerprint density at radius 2 is 1.93 bits per heavy atom. The molecule has 2 heterocycles. The molecule has 152 valence electrons. The number of hydrogen-bond donors (Lipinski definition) is 1. The monoisotopic (exact) mass is 432 g/mol. The highest BCUT2D eigenvalue weighted by atomic mass is 35.5. The fraction of sp³-hybridized carbons (Fsp3) is 0.381. The van der Waals surface area contributed by atoms with E-state index in [2.05, 4.69) is 15.5 Å². The van der Waals surface area contributed by atoms with Crippen LogP contribution in [0.15, 0.2) is 48.7 Å². The molecular formula is C21H22Cl2N4O2. The molecule has 29 heavy (non-hydrogen) atoms. The maximum Gasteiger partial charge on any atom is 0.264 e. The van der Waals surface area contributed by atoms with Crippen molar-refractivity contribution in [3.05, 3.63) is 60.0 Å². The van der Waals surface area contributed by atoms with E-state index >= 15 is 0 Å². The smallest absolute Gasteiger partial charge is 0.264 e. The van der Waals surface area contributed by atoms with Crippen LogP contribution in [0.3, 0.4) is 0 Å². The molecule has 2 aromatic heterocycles. The molecule has 1 aliphatic rings. The second-order valence-electron chi connectivity index (χ2n) is 7.88. The molecule has 0 radical (unpaired) electrons. The lowest BCUT2D eigenvalue weighted by molar-refractivity contribution is -0.135. The summed E-state index contributed by atoms with van der Waals surface area (Å²) in [6, 6.07) is 12.9. The zero-order valence-electron chi connectivity index (χ0n) is 16.4. The number of nitrogens with one attached hydrogen (secondary N) is 1. The van der Waals surface area contributed by atoms with Crippen molar-refractivity contribution in [1.29, 1.82) is 0 Å². The number of nitrogens with zero attached hydrogens (tertiary/aromatic N) is 3. The molecular weight excluding hydrogens is 411 g/mol. The highest BCUT2D eigenvalue weighted by Gasteiger charge is 2.52. The normalized spacial score (nSPS) is 19.0. The molecule has 0 bridgehead atoms. The van der Waals surface area contributed by atoms with Crippen molar-refractivity contribution < 1.29 is 9.53 Å². The van der Waals surface area contributed by atoms with Gasteiger partial charge in [0, 0.05) is 12.1 Å². The van der Waals surface area contributed by atoms with E-state index in [1.807, 2.05) is 60.0 Å². The number of pyridine rings is 1. The molecule has 1 aromatic carbocycles. The van der Waals surface area contributed by atoms with Crippen LogP contribution in [0.5, 0.6) is 5.75 Å². The Bertz CT molecular complexity index is 1050. The van der Waals surface area contributed by atoms with E-state index < -0.39 is 9.93 Å². The summed E-state index contributed by atoms with van der Waals surface area (Å²) in [7, 11) is 0. The molecule has 2 atom stereocenters. The van der Waals surface area contributed by atoms with Gasteiger partial charge in [-0.3, -0.25) is 9.20 Å². The second kappa shape index (κ2) is 7.18. The first-order valence-electron chi connectivity index (χ1n) is 9.45. The Morgan fingerprint density at radius 1 is 1.24 bits per heavy atom. The molecule has 1 N–H and O–H groups in total. The van der Waals surface area contributed by atoms with Crippen molar-refractivity contribution in [3.63, 3.8) is 0 Å². The quantitative estimate of drug-likeness (QED) is 0.585. The van der Waals surface area contributed by atoms with Crippen LogP contribution in [0.25, 0.3) is 5.65 Å². The lowest BCUT2D eigenvalue weighted by Gasteiger charge is -2.27. The van der Waals surface area contributed by atoms with E-state index in [1.54, 1.807) is 13.8 Å². The lowest BCUT2D eigenvalue weighted by atomic mass is 10.1. The Hall–Kier alpha value is -2.31. The zero-order valence-corrected chi connectivity index (χ0v) is 17.9. The number of amides is 1. The minimum atomic E-state index is -1.07. The Morgan fingerprint density at radius 3 is 2.59 bits per heavy atom. The maximum atomic E-state index is 12.9. The van der Waals surface area contributed by atoms with Gasteiger partial charge in [-0.25, -0.2) is 0 Å². The fourth-order valence-corrected chi connectivity index (χ4v) is 3.83. The van der Waals surface area contributed by atoms with Crippen LogP contribution in [-0.4, -0.2) is 30.4 Å². The Kier molecular flexibility index (Phi) is 4.95. The third-order valence-electron chi connectivity index (χ3n) is 5.10. The van der Waals surface area contributed by atoms with Crippen molar-refractivity contribution in [2.75, 3.05) is 0 Å². The third kappa shape index (κ3) is 4.05. The van der Waals surface area contributed by atoms with Crippen LogP contribution < -0.4 is 10.1 Å². The van der Waals surface area contributed by atoms with Crippen molar-refractivity contribution >= 4 is 34.8 Å². The predicted octanol–water partition coefficient (Wildman–Crippen LogP) is 4.43. The average molecular weight is 433 g/mol. The molecule has 4 rings (SSSR count). The minimum Gasteiger partial charge on any atom is -0.478 e. The van der Waals surface area contributed by atoms with Gasteiger partial charge in [-0.2, -0.15) is 0 Å². The summed E-state index contributed by atoms with van der Waals surface area (Å²) < 4.78 is 7.14. The van der Waals surface area contributed by atoms with Crippen LogP contribution >= 0.6 is 23.2 Å². The summed E-state index contributed by atoms with van der Waals surface area (Å²) in [5, 5.41) is 11.3. The first-order valence-corrected chi connectivity index (χ1v) is 10.2. The lowest BCUT2D eigenvalue weighted by Crippen LogP contribution is -2.47. The van der Waals surface area contributed by atoms with Gasteiger partial charge in [0.15, 0.2) is 17.1 Å². The summed E-state index contributed by atoms with van der Waals surface area (Å²) >= 11 is 12.3. The number of ether oxygens (including phenoxy) is 1. The number of benzene rings is 1. The first kappa shape index (κ1) is 20.0. The molecule has 1 saturated carbocycles. The molecule has 3 aromatic rings. The predicted molar refractivity (Wildman–Crippen MR) is 112 cm³/mol. The number of fused-ring (bicyclic) bond motifs is 1. The number of carbonyl (C=O) groups is 1. The highest BCUT2D eigenvalue weighted by molar-refractivity contribution is 6.51. The zero-order chi connectivity index (χ0) is 20.8. The van der Waals surface area contributed by atoms with Crippen LogP contribution in [0, 0.1) is 0 Å². The molecule has 1 fully saturated rings. The van der Waals surface area contributed by atoms with Crippen LogP contribution in [0.1, 0.15) is 50.5 Å². The van der Waals surface area contributed by atoms with E-state index in [-0.39, 0.29) is 17.9 Å². The molecule has 2 unspecified atom stereocenters. The van der Waals surface area contributed by atoms with Gasteiger partial charge >= 0.3 is 0 Å². The Labute approximate surface area is 179 Å². The van der Waals surface area contributed by atoms with Crippen molar-refractivity contribution in [2.45, 2.75) is 49.1 Å². The van der Waals surface area contributed by atoms with E-state index in [1.165, 1.54) is 0 Å². The summed E-state index contributed by atoms with van der Waals surface area (Å²) in [5.74, 6) is 1.16. The van der Waals surface area contributed by atoms with Crippen molar-refractivity contribution in [3.8, 4) is 5.75 Å². The third-order valence-corrected chi connectivity index (χ3v) is 5.94. The molecule has 0 aliphatic heterocycles. The van der Waals surface area contributed by atoms with Crippen molar-refractivity contribution in [1.82, 2.24) is 19.9 Å². The second-order valence-corrected chi connectivity index (χ2v) is 9.42. The first-order chi connectivity index (χ1) is 13.7. The number of halogens is 2. The minimum absolute atomic E-state index is 0.148. The molecule has 6 nitrogen and oxygen atoms in total. The summed E-state index contributed by atoms with van der Waals surface area (Å²) in [6.45, 7) is 5.33. The number of carbonyl (C=O) groups excluding carboxylic acids is 1. The molecule has 1 amide bonds. The topological polar surface area (TPSA) is 68.5 Å². The van der Waals surface area contributed by atoms with Gasteiger partial charge in [0.2, 0.25) is 0 Å². The van der Waals surface area contributed by atoms with Gasteiger partial charge in [0.1, 0.15) is 10.1 Å².